The van der Waals surface area contributed by atoms with E-state index in [-0.39, 0.29) is 43.1 Å². The van der Waals surface area contributed by atoms with Crippen molar-refractivity contribution in [3.63, 3.8) is 0 Å². The van der Waals surface area contributed by atoms with Gasteiger partial charge in [0.15, 0.2) is 5.78 Å². The number of ketones is 1. The fourth-order valence-corrected chi connectivity index (χ4v) is 6.41. The van der Waals surface area contributed by atoms with Crippen LogP contribution in [-0.4, -0.2) is 67.1 Å². The second kappa shape index (κ2) is 12.6. The minimum Gasteiger partial charge on any atom is -0.481 e. The fourth-order valence-electron chi connectivity index (χ4n) is 5.18. The Labute approximate surface area is 238 Å². The molecule has 11 nitrogen and oxygen atoms in total. The molecule has 4 rings (SSSR count). The molecular formula is C29H33N5O6S. The lowest BCUT2D eigenvalue weighted by Gasteiger charge is -2.30. The molecular weight excluding hydrogens is 546 g/mol. The van der Waals surface area contributed by atoms with Crippen molar-refractivity contribution in [3.8, 4) is 0 Å². The predicted molar refractivity (Wildman–Crippen MR) is 154 cm³/mol. The number of nitrogens with one attached hydrogen (secondary N) is 2. The zero-order valence-electron chi connectivity index (χ0n) is 22.3. The SMILES string of the molecule is N=C(N)c1cccc(C[C@H](NS(=O)(=O)c2ccc3ccccc3c2)C(=O)N2CCC[C@H]2C(=O)C(CCN)C(=O)O)c1. The summed E-state index contributed by atoms with van der Waals surface area (Å²) in [6, 6.07) is 16.1. The zero-order valence-corrected chi connectivity index (χ0v) is 23.1. The molecule has 0 aliphatic carbocycles. The quantitative estimate of drug-likeness (QED) is 0.121. The maximum Gasteiger partial charge on any atom is 0.314 e. The Morgan fingerprint density at radius 1 is 1.05 bits per heavy atom. The van der Waals surface area contributed by atoms with Gasteiger partial charge >= 0.3 is 5.97 Å². The van der Waals surface area contributed by atoms with E-state index in [1.165, 1.54) is 17.0 Å². The number of nitrogens with two attached hydrogens (primary N) is 2. The molecule has 41 heavy (non-hydrogen) atoms. The summed E-state index contributed by atoms with van der Waals surface area (Å²) in [5.41, 5.74) is 12.1. The van der Waals surface area contributed by atoms with Crippen molar-refractivity contribution >= 4 is 44.3 Å². The second-order valence-corrected chi connectivity index (χ2v) is 11.8. The summed E-state index contributed by atoms with van der Waals surface area (Å²) in [4.78, 5) is 40.2. The Morgan fingerprint density at radius 2 is 1.78 bits per heavy atom. The van der Waals surface area contributed by atoms with Gasteiger partial charge in [0.05, 0.1) is 10.9 Å². The first kappa shape index (κ1) is 29.8. The van der Waals surface area contributed by atoms with Crippen molar-refractivity contribution in [3.05, 3.63) is 77.9 Å². The van der Waals surface area contributed by atoms with Gasteiger partial charge in [-0.25, -0.2) is 8.42 Å². The number of hydrogen-bond donors (Lipinski definition) is 5. The summed E-state index contributed by atoms with van der Waals surface area (Å²) >= 11 is 0. The number of carboxylic acids is 1. The van der Waals surface area contributed by atoms with Gasteiger partial charge in [0.1, 0.15) is 17.8 Å². The molecule has 0 bridgehead atoms. The number of rotatable bonds is 12. The number of amidine groups is 1. The first-order valence-electron chi connectivity index (χ1n) is 13.2. The lowest BCUT2D eigenvalue weighted by Crippen LogP contribution is -2.53. The molecule has 1 unspecified atom stereocenters. The third kappa shape index (κ3) is 6.79. The van der Waals surface area contributed by atoms with Crippen LogP contribution in [0.5, 0.6) is 0 Å². The van der Waals surface area contributed by atoms with Gasteiger partial charge in [0.2, 0.25) is 15.9 Å². The van der Waals surface area contributed by atoms with Gasteiger partial charge in [-0.2, -0.15) is 4.72 Å². The van der Waals surface area contributed by atoms with Crippen LogP contribution in [0.2, 0.25) is 0 Å². The number of fused-ring (bicyclic) bond motifs is 1. The molecule has 1 aliphatic heterocycles. The van der Waals surface area contributed by atoms with E-state index in [1.807, 2.05) is 12.1 Å². The van der Waals surface area contributed by atoms with Crippen LogP contribution in [-0.2, 0) is 30.8 Å². The first-order chi connectivity index (χ1) is 19.5. The minimum absolute atomic E-state index is 0.00988. The maximum atomic E-state index is 14.0. The molecule has 1 heterocycles. The van der Waals surface area contributed by atoms with Crippen LogP contribution in [0.4, 0.5) is 0 Å². The number of carbonyl (C=O) groups is 3. The summed E-state index contributed by atoms with van der Waals surface area (Å²) in [6.45, 7) is 0.163. The van der Waals surface area contributed by atoms with E-state index < -0.39 is 45.7 Å². The number of aliphatic carboxylic acids is 1. The molecule has 1 fully saturated rings. The number of carboxylic acid groups (broad SMARTS) is 1. The first-order valence-corrected chi connectivity index (χ1v) is 14.7. The second-order valence-electron chi connectivity index (χ2n) is 10.1. The van der Waals surface area contributed by atoms with Crippen LogP contribution in [0.1, 0.15) is 30.4 Å². The summed E-state index contributed by atoms with van der Waals surface area (Å²) in [7, 11) is -4.21. The van der Waals surface area contributed by atoms with E-state index in [2.05, 4.69) is 4.72 Å². The predicted octanol–water partition coefficient (Wildman–Crippen LogP) is 1.62. The highest BCUT2D eigenvalue weighted by Crippen LogP contribution is 2.25. The minimum atomic E-state index is -4.21. The van der Waals surface area contributed by atoms with E-state index >= 15 is 0 Å². The monoisotopic (exact) mass is 579 g/mol. The molecule has 1 saturated heterocycles. The fraction of sp³-hybridized carbons (Fsp3) is 0.310. The number of Topliss-reactive ketones (excluding diaryl/α,β-unsaturated/α-hetero) is 1. The molecule has 0 saturated carbocycles. The van der Waals surface area contributed by atoms with Gasteiger partial charge in [0.25, 0.3) is 0 Å². The molecule has 216 valence electrons. The third-order valence-electron chi connectivity index (χ3n) is 7.27. The summed E-state index contributed by atoms with van der Waals surface area (Å²) < 4.78 is 29.7. The van der Waals surface area contributed by atoms with Crippen molar-refractivity contribution in [2.75, 3.05) is 13.1 Å². The summed E-state index contributed by atoms with van der Waals surface area (Å²) in [5, 5.41) is 18.9. The molecule has 3 atom stereocenters. The molecule has 1 amide bonds. The normalized spacial score (nSPS) is 16.8. The highest BCUT2D eigenvalue weighted by atomic mass is 32.2. The number of amides is 1. The highest BCUT2D eigenvalue weighted by Gasteiger charge is 2.42. The number of hydrogen-bond acceptors (Lipinski definition) is 7. The molecule has 1 aliphatic rings. The van der Waals surface area contributed by atoms with Crippen LogP contribution < -0.4 is 16.2 Å². The molecule has 0 spiro atoms. The van der Waals surface area contributed by atoms with Gasteiger partial charge in [-0.15, -0.1) is 0 Å². The molecule has 12 heteroatoms. The molecule has 7 N–H and O–H groups in total. The highest BCUT2D eigenvalue weighted by molar-refractivity contribution is 7.89. The number of likely N-dealkylation sites (tertiary alicyclic amines) is 1. The average molecular weight is 580 g/mol. The summed E-state index contributed by atoms with van der Waals surface area (Å²) in [6.07, 6.45) is 0.571. The summed E-state index contributed by atoms with van der Waals surface area (Å²) in [5.74, 6) is -4.12. The Bertz CT molecular complexity index is 1590. The van der Waals surface area contributed by atoms with Gasteiger partial charge in [-0.05, 0) is 66.8 Å². The van der Waals surface area contributed by atoms with Crippen molar-refractivity contribution in [2.24, 2.45) is 17.4 Å². The number of sulfonamides is 1. The van der Waals surface area contributed by atoms with Crippen molar-refractivity contribution in [1.82, 2.24) is 9.62 Å². The average Bonchev–Trinajstić information content (AvgIpc) is 3.44. The van der Waals surface area contributed by atoms with Crippen LogP contribution >= 0.6 is 0 Å². The van der Waals surface area contributed by atoms with Gasteiger partial charge in [0, 0.05) is 12.1 Å². The standard InChI is InChI=1S/C29H33N5O6S/c30-13-12-23(29(37)38)26(35)25-9-4-14-34(25)28(36)24(16-18-5-3-8-21(15-18)27(31)32)33-41(39,40)22-11-10-19-6-1-2-7-20(19)17-22/h1-3,5-8,10-11,15,17,23-25,33H,4,9,12-14,16,30H2,(H3,31,32)(H,37,38)/t23?,24-,25-/m0/s1. The van der Waals surface area contributed by atoms with Crippen molar-refractivity contribution in [1.29, 1.82) is 5.41 Å². The lowest BCUT2D eigenvalue weighted by atomic mass is 9.93. The number of carbonyl (C=O) groups excluding carboxylic acids is 2. The number of benzene rings is 3. The Kier molecular flexibility index (Phi) is 9.16. The number of nitrogen functional groups attached to an aromatic ring is 1. The molecule has 0 radical (unpaired) electrons. The van der Waals surface area contributed by atoms with Crippen LogP contribution in [0.25, 0.3) is 10.8 Å². The smallest absolute Gasteiger partial charge is 0.314 e. The zero-order chi connectivity index (χ0) is 29.7. The Balaban J connectivity index is 1.68. The van der Waals surface area contributed by atoms with Gasteiger partial charge in [-0.1, -0.05) is 48.5 Å². The lowest BCUT2D eigenvalue weighted by molar-refractivity contribution is -0.150. The van der Waals surface area contributed by atoms with E-state index in [0.29, 0.717) is 22.9 Å². The third-order valence-corrected chi connectivity index (χ3v) is 8.74. The van der Waals surface area contributed by atoms with Gasteiger partial charge < -0.3 is 21.5 Å². The molecule has 0 aromatic heterocycles. The number of nitrogens with zero attached hydrogens (tertiary/aromatic N) is 1. The largest absolute Gasteiger partial charge is 0.481 e. The molecule has 3 aromatic rings. The molecule has 3 aromatic carbocycles. The van der Waals surface area contributed by atoms with Crippen molar-refractivity contribution in [2.45, 2.75) is 42.7 Å². The van der Waals surface area contributed by atoms with E-state index in [0.717, 1.165) is 5.39 Å². The van der Waals surface area contributed by atoms with E-state index in [4.69, 9.17) is 16.9 Å². The van der Waals surface area contributed by atoms with Crippen LogP contribution in [0.15, 0.2) is 71.6 Å². The van der Waals surface area contributed by atoms with Gasteiger partial charge in [-0.3, -0.25) is 19.8 Å². The topological polar surface area (TPSA) is 197 Å². The van der Waals surface area contributed by atoms with Crippen molar-refractivity contribution < 1.29 is 27.9 Å². The van der Waals surface area contributed by atoms with Crippen LogP contribution in [0, 0.1) is 11.3 Å². The van der Waals surface area contributed by atoms with Crippen LogP contribution in [0.3, 0.4) is 0 Å². The van der Waals surface area contributed by atoms with E-state index in [9.17, 15) is 27.9 Å². The van der Waals surface area contributed by atoms with E-state index in [1.54, 1.807) is 42.5 Å². The Hall–Kier alpha value is -4.13. The Morgan fingerprint density at radius 3 is 2.46 bits per heavy atom. The maximum absolute atomic E-state index is 14.0.